The van der Waals surface area contributed by atoms with Gasteiger partial charge < -0.3 is 9.73 Å². The van der Waals surface area contributed by atoms with Gasteiger partial charge in [0, 0.05) is 22.1 Å². The van der Waals surface area contributed by atoms with Crippen molar-refractivity contribution in [3.8, 4) is 0 Å². The first-order chi connectivity index (χ1) is 8.99. The maximum absolute atomic E-state index is 5.60. The van der Waals surface area contributed by atoms with Crippen molar-refractivity contribution < 1.29 is 4.42 Å². The van der Waals surface area contributed by atoms with Gasteiger partial charge in [-0.25, -0.2) is 0 Å². The minimum atomic E-state index is 0.263. The Morgan fingerprint density at radius 1 is 1.05 bits per heavy atom. The number of hydrogen-bond donors (Lipinski definition) is 1. The van der Waals surface area contributed by atoms with Gasteiger partial charge in [0.15, 0.2) is 0 Å². The van der Waals surface area contributed by atoms with Gasteiger partial charge >= 0.3 is 0 Å². The molecule has 19 heavy (non-hydrogen) atoms. The van der Waals surface area contributed by atoms with Gasteiger partial charge in [-0.2, -0.15) is 0 Å². The van der Waals surface area contributed by atoms with E-state index in [1.54, 1.807) is 0 Å². The second kappa shape index (κ2) is 5.93. The van der Waals surface area contributed by atoms with Gasteiger partial charge in [-0.1, -0.05) is 34.1 Å². The van der Waals surface area contributed by atoms with Crippen LogP contribution in [0.3, 0.4) is 0 Å². The number of rotatable bonds is 4. The molecule has 0 aliphatic carbocycles. The zero-order valence-electron chi connectivity index (χ0n) is 11.8. The van der Waals surface area contributed by atoms with Gasteiger partial charge in [0.05, 0.1) is 0 Å². The summed E-state index contributed by atoms with van der Waals surface area (Å²) in [5, 5.41) is 3.62. The Hall–Kier alpha value is -1.06. The number of nitrogens with one attached hydrogen (secondary N) is 1. The maximum atomic E-state index is 5.60. The summed E-state index contributed by atoms with van der Waals surface area (Å²) < 4.78 is 6.74. The molecule has 1 heterocycles. The molecule has 2 atom stereocenters. The lowest BCUT2D eigenvalue weighted by Crippen LogP contribution is -2.22. The molecular weight excluding hydrogens is 302 g/mol. The highest BCUT2D eigenvalue weighted by molar-refractivity contribution is 9.10. The van der Waals surface area contributed by atoms with E-state index in [9.17, 15) is 0 Å². The Morgan fingerprint density at radius 2 is 1.68 bits per heavy atom. The number of furan rings is 1. The van der Waals surface area contributed by atoms with E-state index in [0.717, 1.165) is 16.0 Å². The van der Waals surface area contributed by atoms with E-state index in [-0.39, 0.29) is 12.1 Å². The molecule has 2 rings (SSSR count). The first-order valence-corrected chi connectivity index (χ1v) is 7.35. The van der Waals surface area contributed by atoms with Crippen LogP contribution >= 0.6 is 15.9 Å². The Balaban J connectivity index is 2.13. The fourth-order valence-corrected chi connectivity index (χ4v) is 3.09. The summed E-state index contributed by atoms with van der Waals surface area (Å²) in [6.45, 7) is 8.35. The smallest absolute Gasteiger partial charge is 0.105 e. The van der Waals surface area contributed by atoms with Gasteiger partial charge in [-0.05, 0) is 45.4 Å². The molecule has 0 fully saturated rings. The van der Waals surface area contributed by atoms with E-state index in [4.69, 9.17) is 4.42 Å². The highest BCUT2D eigenvalue weighted by Gasteiger charge is 2.16. The molecule has 1 unspecified atom stereocenters. The van der Waals surface area contributed by atoms with E-state index in [0.29, 0.717) is 0 Å². The van der Waals surface area contributed by atoms with Crippen molar-refractivity contribution >= 4 is 15.9 Å². The highest BCUT2D eigenvalue weighted by Crippen LogP contribution is 2.27. The van der Waals surface area contributed by atoms with Crippen LogP contribution < -0.4 is 5.32 Å². The predicted molar refractivity (Wildman–Crippen MR) is 82.3 cm³/mol. The molecule has 0 radical (unpaired) electrons. The molecule has 1 aromatic heterocycles. The molecule has 1 N–H and O–H groups in total. The standard InChI is InChI=1S/C16H20BrNO/c1-10-9-15(13(4)19-10)12(3)18-11(2)14-7-5-6-8-16(14)17/h5-9,11-12,18H,1-4H3/t11-,12?/m0/s1. The molecule has 2 nitrogen and oxygen atoms in total. The van der Waals surface area contributed by atoms with Crippen LogP contribution in [0.15, 0.2) is 39.2 Å². The minimum Gasteiger partial charge on any atom is -0.466 e. The Labute approximate surface area is 123 Å². The minimum absolute atomic E-state index is 0.263. The third-order valence-electron chi connectivity index (χ3n) is 3.42. The first kappa shape index (κ1) is 14.4. The maximum Gasteiger partial charge on any atom is 0.105 e. The number of benzene rings is 1. The van der Waals surface area contributed by atoms with Gasteiger partial charge in [-0.3, -0.25) is 0 Å². The molecule has 0 spiro atoms. The van der Waals surface area contributed by atoms with Crippen molar-refractivity contribution in [2.24, 2.45) is 0 Å². The van der Waals surface area contributed by atoms with Crippen LogP contribution in [-0.4, -0.2) is 0 Å². The van der Waals surface area contributed by atoms with Crippen molar-refractivity contribution in [2.45, 2.75) is 39.8 Å². The predicted octanol–water partition coefficient (Wildman–Crippen LogP) is 5.07. The summed E-state index contributed by atoms with van der Waals surface area (Å²) in [5.41, 5.74) is 2.50. The molecule has 0 aliphatic rings. The summed E-state index contributed by atoms with van der Waals surface area (Å²) in [6.07, 6.45) is 0. The van der Waals surface area contributed by atoms with E-state index in [1.165, 1.54) is 11.1 Å². The fraction of sp³-hybridized carbons (Fsp3) is 0.375. The molecule has 2 aromatic rings. The molecular formula is C16H20BrNO. The highest BCUT2D eigenvalue weighted by atomic mass is 79.9. The number of hydrogen-bond acceptors (Lipinski definition) is 2. The van der Waals surface area contributed by atoms with Crippen molar-refractivity contribution in [1.29, 1.82) is 0 Å². The summed E-state index contributed by atoms with van der Waals surface area (Å²) >= 11 is 3.60. The number of halogens is 1. The molecule has 0 saturated heterocycles. The average Bonchev–Trinajstić information content (AvgIpc) is 2.69. The van der Waals surface area contributed by atoms with Gasteiger partial charge in [0.2, 0.25) is 0 Å². The second-order valence-corrected chi connectivity index (χ2v) is 5.85. The van der Waals surface area contributed by atoms with E-state index in [1.807, 2.05) is 19.9 Å². The SMILES string of the molecule is Cc1cc(C(C)N[C@@H](C)c2ccccc2Br)c(C)o1. The average molecular weight is 322 g/mol. The third kappa shape index (κ3) is 3.28. The van der Waals surface area contributed by atoms with Crippen LogP contribution in [0, 0.1) is 13.8 Å². The molecule has 3 heteroatoms. The Bertz CT molecular complexity index is 562. The largest absolute Gasteiger partial charge is 0.466 e. The lowest BCUT2D eigenvalue weighted by atomic mass is 10.0. The summed E-state index contributed by atoms with van der Waals surface area (Å²) in [7, 11) is 0. The zero-order chi connectivity index (χ0) is 14.0. The molecule has 0 amide bonds. The summed E-state index contributed by atoms with van der Waals surface area (Å²) in [5.74, 6) is 1.96. The topological polar surface area (TPSA) is 25.2 Å². The third-order valence-corrected chi connectivity index (χ3v) is 4.14. The van der Waals surface area contributed by atoms with Crippen LogP contribution in [0.2, 0.25) is 0 Å². The van der Waals surface area contributed by atoms with Gasteiger partial charge in [0.1, 0.15) is 11.5 Å². The lowest BCUT2D eigenvalue weighted by molar-refractivity contribution is 0.468. The summed E-state index contributed by atoms with van der Waals surface area (Å²) in [6, 6.07) is 11.0. The summed E-state index contributed by atoms with van der Waals surface area (Å²) in [4.78, 5) is 0. The lowest BCUT2D eigenvalue weighted by Gasteiger charge is -2.21. The Morgan fingerprint density at radius 3 is 2.26 bits per heavy atom. The van der Waals surface area contributed by atoms with Crippen molar-refractivity contribution in [2.75, 3.05) is 0 Å². The van der Waals surface area contributed by atoms with Crippen LogP contribution in [-0.2, 0) is 0 Å². The van der Waals surface area contributed by atoms with Crippen molar-refractivity contribution in [3.05, 3.63) is 57.5 Å². The molecule has 0 aliphatic heterocycles. The van der Waals surface area contributed by atoms with Gasteiger partial charge in [0.25, 0.3) is 0 Å². The van der Waals surface area contributed by atoms with Crippen LogP contribution in [0.1, 0.15) is 48.6 Å². The van der Waals surface area contributed by atoms with E-state index < -0.39 is 0 Å². The second-order valence-electron chi connectivity index (χ2n) is 5.00. The quantitative estimate of drug-likeness (QED) is 0.850. The fourth-order valence-electron chi connectivity index (χ4n) is 2.46. The van der Waals surface area contributed by atoms with Crippen LogP contribution in [0.25, 0.3) is 0 Å². The molecule has 0 bridgehead atoms. The van der Waals surface area contributed by atoms with Crippen LogP contribution in [0.4, 0.5) is 0 Å². The van der Waals surface area contributed by atoms with Crippen molar-refractivity contribution in [1.82, 2.24) is 5.32 Å². The molecule has 102 valence electrons. The van der Waals surface area contributed by atoms with Crippen molar-refractivity contribution in [3.63, 3.8) is 0 Å². The van der Waals surface area contributed by atoms with E-state index in [2.05, 4.69) is 59.4 Å². The number of aryl methyl sites for hydroxylation is 2. The normalized spacial score (nSPS) is 14.4. The molecule has 0 saturated carbocycles. The van der Waals surface area contributed by atoms with Crippen LogP contribution in [0.5, 0.6) is 0 Å². The molecule has 1 aromatic carbocycles. The first-order valence-electron chi connectivity index (χ1n) is 6.56. The zero-order valence-corrected chi connectivity index (χ0v) is 13.4. The Kier molecular flexibility index (Phi) is 4.48. The monoisotopic (exact) mass is 321 g/mol. The van der Waals surface area contributed by atoms with Gasteiger partial charge in [-0.15, -0.1) is 0 Å². The van der Waals surface area contributed by atoms with E-state index >= 15 is 0 Å².